The summed E-state index contributed by atoms with van der Waals surface area (Å²) in [5.74, 6) is 2.50. The van der Waals surface area contributed by atoms with Gasteiger partial charge < -0.3 is 4.42 Å². The summed E-state index contributed by atoms with van der Waals surface area (Å²) in [4.78, 5) is 20.5. The first kappa shape index (κ1) is 30.6. The van der Waals surface area contributed by atoms with Gasteiger partial charge in [0.05, 0.1) is 0 Å². The summed E-state index contributed by atoms with van der Waals surface area (Å²) in [5.41, 5.74) is 7.75. The topological polar surface area (TPSA) is 64.7 Å². The Labute approximate surface area is 313 Å². The lowest BCUT2D eigenvalue weighted by molar-refractivity contribution is 0.620. The molecular formula is C48H28N4OS. The minimum Gasteiger partial charge on any atom is -0.436 e. The molecule has 0 spiro atoms. The molecule has 0 unspecified atom stereocenters. The van der Waals surface area contributed by atoms with Crippen molar-refractivity contribution in [1.82, 2.24) is 19.9 Å². The molecule has 0 aliphatic carbocycles. The van der Waals surface area contributed by atoms with Gasteiger partial charge in [-0.25, -0.2) is 19.9 Å². The first-order valence-corrected chi connectivity index (χ1v) is 18.7. The van der Waals surface area contributed by atoms with Crippen molar-refractivity contribution in [1.29, 1.82) is 0 Å². The molecule has 6 heteroatoms. The maximum Gasteiger partial charge on any atom is 0.227 e. The Morgan fingerprint density at radius 3 is 1.72 bits per heavy atom. The fraction of sp³-hybridized carbons (Fsp3) is 0. The van der Waals surface area contributed by atoms with Crippen molar-refractivity contribution >= 4 is 64.2 Å². The Bertz CT molecular complexity index is 3210. The van der Waals surface area contributed by atoms with Crippen LogP contribution in [0.15, 0.2) is 174 Å². The van der Waals surface area contributed by atoms with E-state index in [1.165, 1.54) is 20.5 Å². The van der Waals surface area contributed by atoms with Crippen LogP contribution in [0.25, 0.3) is 110 Å². The van der Waals surface area contributed by atoms with E-state index in [-0.39, 0.29) is 0 Å². The van der Waals surface area contributed by atoms with E-state index in [4.69, 9.17) is 24.4 Å². The van der Waals surface area contributed by atoms with Gasteiger partial charge in [0.25, 0.3) is 0 Å². The molecule has 0 aliphatic rings. The van der Waals surface area contributed by atoms with Crippen LogP contribution in [0.1, 0.15) is 0 Å². The number of hydrogen-bond donors (Lipinski definition) is 0. The van der Waals surface area contributed by atoms with E-state index in [1.54, 1.807) is 11.3 Å². The molecule has 0 aliphatic heterocycles. The molecule has 0 atom stereocenters. The molecule has 3 aromatic heterocycles. The fourth-order valence-electron chi connectivity index (χ4n) is 7.61. The second kappa shape index (κ2) is 12.3. The van der Waals surface area contributed by atoms with Crippen molar-refractivity contribution in [3.05, 3.63) is 170 Å². The number of thiophene rings is 1. The molecule has 252 valence electrons. The van der Waals surface area contributed by atoms with Crippen molar-refractivity contribution in [2.45, 2.75) is 0 Å². The predicted molar refractivity (Wildman–Crippen MR) is 222 cm³/mol. The van der Waals surface area contributed by atoms with Crippen LogP contribution in [0.5, 0.6) is 0 Å². The standard InChI is InChI=1S/C48H28N4OS/c1-4-12-29(13-5-1)34-23-24-37(36-19-11-10-18-35(34)36)47-51-45(31-14-6-2-7-15-31)50-46(52-47)33-21-20-30-22-26-40-42(38(30)28-33)43-41(54-40)27-25-39-44(43)49-48(53-39)32-16-8-3-9-17-32/h1-28H. The Morgan fingerprint density at radius 2 is 0.963 bits per heavy atom. The smallest absolute Gasteiger partial charge is 0.227 e. The number of oxazole rings is 1. The third-order valence-corrected chi connectivity index (χ3v) is 11.3. The second-order valence-corrected chi connectivity index (χ2v) is 14.5. The largest absolute Gasteiger partial charge is 0.436 e. The zero-order valence-electron chi connectivity index (χ0n) is 28.8. The van der Waals surface area contributed by atoms with Crippen molar-refractivity contribution < 1.29 is 4.42 Å². The molecule has 11 aromatic rings. The lowest BCUT2D eigenvalue weighted by atomic mass is 9.94. The van der Waals surface area contributed by atoms with Gasteiger partial charge in [0, 0.05) is 42.4 Å². The summed E-state index contributed by atoms with van der Waals surface area (Å²) < 4.78 is 8.69. The van der Waals surface area contributed by atoms with Crippen LogP contribution < -0.4 is 0 Å². The van der Waals surface area contributed by atoms with Gasteiger partial charge in [0.2, 0.25) is 5.89 Å². The summed E-state index contributed by atoms with van der Waals surface area (Å²) in [6.07, 6.45) is 0. The minimum atomic E-state index is 0.617. The van der Waals surface area contributed by atoms with E-state index >= 15 is 0 Å². The van der Waals surface area contributed by atoms with Crippen LogP contribution in [0.4, 0.5) is 0 Å². The number of benzene rings is 8. The number of aromatic nitrogens is 4. The lowest BCUT2D eigenvalue weighted by Crippen LogP contribution is -2.01. The highest BCUT2D eigenvalue weighted by Gasteiger charge is 2.19. The third-order valence-electron chi connectivity index (χ3n) is 10.2. The average Bonchev–Trinajstić information content (AvgIpc) is 3.86. The van der Waals surface area contributed by atoms with E-state index in [9.17, 15) is 0 Å². The molecule has 5 nitrogen and oxygen atoms in total. The quantitative estimate of drug-likeness (QED) is 0.178. The molecule has 54 heavy (non-hydrogen) atoms. The highest BCUT2D eigenvalue weighted by molar-refractivity contribution is 7.26. The Morgan fingerprint density at radius 1 is 0.389 bits per heavy atom. The summed E-state index contributed by atoms with van der Waals surface area (Å²) in [5, 5.41) is 6.76. The molecule has 11 rings (SSSR count). The van der Waals surface area contributed by atoms with E-state index < -0.39 is 0 Å². The highest BCUT2D eigenvalue weighted by Crippen LogP contribution is 2.44. The highest BCUT2D eigenvalue weighted by atomic mass is 32.1. The Balaban J connectivity index is 1.13. The minimum absolute atomic E-state index is 0.617. The van der Waals surface area contributed by atoms with Crippen molar-refractivity contribution in [3.8, 4) is 56.7 Å². The summed E-state index contributed by atoms with van der Waals surface area (Å²) in [6.45, 7) is 0. The van der Waals surface area contributed by atoms with Gasteiger partial charge in [-0.05, 0) is 75.1 Å². The molecular weight excluding hydrogens is 681 g/mol. The Hall–Kier alpha value is -7.02. The monoisotopic (exact) mass is 708 g/mol. The maximum absolute atomic E-state index is 6.33. The van der Waals surface area contributed by atoms with Crippen molar-refractivity contribution in [2.24, 2.45) is 0 Å². The predicted octanol–water partition coefficient (Wildman–Crippen LogP) is 13.0. The average molecular weight is 709 g/mol. The fourth-order valence-corrected chi connectivity index (χ4v) is 8.74. The summed E-state index contributed by atoms with van der Waals surface area (Å²) >= 11 is 1.78. The zero-order valence-corrected chi connectivity index (χ0v) is 29.6. The van der Waals surface area contributed by atoms with Crippen LogP contribution in [0.2, 0.25) is 0 Å². The normalized spacial score (nSPS) is 11.7. The molecule has 8 aromatic carbocycles. The molecule has 0 N–H and O–H groups in total. The van der Waals surface area contributed by atoms with Gasteiger partial charge in [0.1, 0.15) is 5.52 Å². The summed E-state index contributed by atoms with van der Waals surface area (Å²) in [7, 11) is 0. The molecule has 3 heterocycles. The number of rotatable bonds is 5. The Kier molecular flexibility index (Phi) is 6.97. The van der Waals surface area contributed by atoms with Crippen molar-refractivity contribution in [3.63, 3.8) is 0 Å². The van der Waals surface area contributed by atoms with Gasteiger partial charge in [-0.15, -0.1) is 11.3 Å². The molecule has 0 bridgehead atoms. The summed E-state index contributed by atoms with van der Waals surface area (Å²) in [6, 6.07) is 58.7. The maximum atomic E-state index is 6.33. The third kappa shape index (κ3) is 4.99. The molecule has 0 fully saturated rings. The van der Waals surface area contributed by atoms with E-state index in [2.05, 4.69) is 97.1 Å². The van der Waals surface area contributed by atoms with Gasteiger partial charge in [0.15, 0.2) is 23.1 Å². The number of hydrogen-bond acceptors (Lipinski definition) is 6. The van der Waals surface area contributed by atoms with Gasteiger partial charge >= 0.3 is 0 Å². The SMILES string of the molecule is c1ccc(-c2nc(-c3ccc4ccc5sc6ccc7oc(-c8ccccc8)nc7c6c5c4c3)nc(-c3ccc(-c4ccccc4)c4ccccc34)n2)cc1. The molecule has 0 radical (unpaired) electrons. The first-order valence-electron chi connectivity index (χ1n) is 17.9. The van der Waals surface area contributed by atoms with Crippen LogP contribution in [-0.4, -0.2) is 19.9 Å². The van der Waals surface area contributed by atoms with Gasteiger partial charge in [-0.2, -0.15) is 0 Å². The van der Waals surface area contributed by atoms with Crippen LogP contribution in [0, 0.1) is 0 Å². The van der Waals surface area contributed by atoms with Crippen LogP contribution in [-0.2, 0) is 0 Å². The van der Waals surface area contributed by atoms with E-state index in [0.717, 1.165) is 65.7 Å². The number of fused-ring (bicyclic) bond motifs is 8. The lowest BCUT2D eigenvalue weighted by Gasteiger charge is -2.13. The first-order chi connectivity index (χ1) is 26.7. The molecule has 0 saturated carbocycles. The van der Waals surface area contributed by atoms with Crippen LogP contribution in [0.3, 0.4) is 0 Å². The number of nitrogens with zero attached hydrogens (tertiary/aromatic N) is 4. The molecule has 0 saturated heterocycles. The van der Waals surface area contributed by atoms with Crippen LogP contribution >= 0.6 is 11.3 Å². The van der Waals surface area contributed by atoms with Crippen molar-refractivity contribution in [2.75, 3.05) is 0 Å². The molecule has 0 amide bonds. The van der Waals surface area contributed by atoms with Gasteiger partial charge in [-0.3, -0.25) is 0 Å². The second-order valence-electron chi connectivity index (χ2n) is 13.4. The van der Waals surface area contributed by atoms with Gasteiger partial charge in [-0.1, -0.05) is 127 Å². The van der Waals surface area contributed by atoms with E-state index in [1.807, 2.05) is 72.8 Å². The van der Waals surface area contributed by atoms with E-state index in [0.29, 0.717) is 23.4 Å². The zero-order chi connectivity index (χ0) is 35.6.